The molecule has 0 aliphatic carbocycles. The van der Waals surface area contributed by atoms with Crippen LogP contribution in [0, 0.1) is 3.57 Å². The van der Waals surface area contributed by atoms with Crippen LogP contribution in [0.4, 0.5) is 0 Å². The molecule has 0 saturated carbocycles. The van der Waals surface area contributed by atoms with E-state index in [0.29, 0.717) is 19.7 Å². The first kappa shape index (κ1) is 16.2. The van der Waals surface area contributed by atoms with E-state index in [9.17, 15) is 4.79 Å². The molecule has 1 fully saturated rings. The first-order valence-corrected chi connectivity index (χ1v) is 8.46. The van der Waals surface area contributed by atoms with Gasteiger partial charge in [-0.15, -0.1) is 0 Å². The van der Waals surface area contributed by atoms with Crippen molar-refractivity contribution in [2.45, 2.75) is 18.9 Å². The van der Waals surface area contributed by atoms with Crippen molar-refractivity contribution in [3.8, 4) is 0 Å². The maximum atomic E-state index is 12.5. The van der Waals surface area contributed by atoms with Gasteiger partial charge < -0.3 is 14.7 Å². The Kier molecular flexibility index (Phi) is 6.25. The van der Waals surface area contributed by atoms with Gasteiger partial charge in [-0.2, -0.15) is 0 Å². The number of hydrogen-bond acceptors (Lipinski definition) is 3. The first-order valence-electron chi connectivity index (χ1n) is 6.58. The number of carbonyl (C=O) groups is 1. The molecule has 1 aromatic rings. The molecule has 0 bridgehead atoms. The maximum absolute atomic E-state index is 12.5. The van der Waals surface area contributed by atoms with E-state index in [-0.39, 0.29) is 18.6 Å². The van der Waals surface area contributed by atoms with Crippen molar-refractivity contribution < 1.29 is 14.6 Å². The minimum Gasteiger partial charge on any atom is -0.394 e. The number of nitrogens with zero attached hydrogens (tertiary/aromatic N) is 1. The number of hydrogen-bond donors (Lipinski definition) is 1. The van der Waals surface area contributed by atoms with Crippen LogP contribution in [0.25, 0.3) is 0 Å². The molecule has 110 valence electrons. The summed E-state index contributed by atoms with van der Waals surface area (Å²) in [7, 11) is 0. The van der Waals surface area contributed by atoms with Crippen molar-refractivity contribution in [1.82, 2.24) is 4.90 Å². The second-order valence-corrected chi connectivity index (χ2v) is 6.79. The third-order valence-electron chi connectivity index (χ3n) is 3.33. The minimum absolute atomic E-state index is 0.0510. The van der Waals surface area contributed by atoms with E-state index >= 15 is 0 Å². The van der Waals surface area contributed by atoms with Gasteiger partial charge in [-0.1, -0.05) is 15.9 Å². The van der Waals surface area contributed by atoms with E-state index in [1.807, 2.05) is 23.1 Å². The summed E-state index contributed by atoms with van der Waals surface area (Å²) in [5.41, 5.74) is 0.745. The number of likely N-dealkylation sites (tertiary alicyclic amines) is 1. The van der Waals surface area contributed by atoms with Crippen molar-refractivity contribution in [2.24, 2.45) is 0 Å². The number of rotatable bonds is 4. The highest BCUT2D eigenvalue weighted by Crippen LogP contribution is 2.22. The summed E-state index contributed by atoms with van der Waals surface area (Å²) in [5, 5.41) is 8.75. The zero-order valence-electron chi connectivity index (χ0n) is 11.0. The van der Waals surface area contributed by atoms with Crippen molar-refractivity contribution in [3.63, 3.8) is 0 Å². The predicted molar refractivity (Wildman–Crippen MR) is 88.8 cm³/mol. The molecular weight excluding hydrogens is 437 g/mol. The lowest BCUT2D eigenvalue weighted by atomic mass is 10.1. The molecule has 1 N–H and O–H groups in total. The lowest BCUT2D eigenvalue weighted by molar-refractivity contribution is -0.00556. The average Bonchev–Trinajstić information content (AvgIpc) is 2.47. The van der Waals surface area contributed by atoms with Crippen LogP contribution in [0.15, 0.2) is 22.7 Å². The van der Waals surface area contributed by atoms with Crippen molar-refractivity contribution in [2.75, 3.05) is 26.3 Å². The first-order chi connectivity index (χ1) is 9.61. The van der Waals surface area contributed by atoms with Gasteiger partial charge in [0.2, 0.25) is 0 Å². The Morgan fingerprint density at radius 1 is 1.45 bits per heavy atom. The van der Waals surface area contributed by atoms with Crippen LogP contribution < -0.4 is 0 Å². The number of aliphatic hydroxyl groups is 1. The van der Waals surface area contributed by atoms with Gasteiger partial charge in [0, 0.05) is 21.1 Å². The van der Waals surface area contributed by atoms with Gasteiger partial charge in [0.05, 0.1) is 24.9 Å². The Hall–Kier alpha value is -0.180. The second kappa shape index (κ2) is 7.72. The number of halogens is 2. The van der Waals surface area contributed by atoms with Gasteiger partial charge in [0.25, 0.3) is 5.91 Å². The average molecular weight is 454 g/mol. The topological polar surface area (TPSA) is 49.8 Å². The van der Waals surface area contributed by atoms with E-state index in [1.165, 1.54) is 0 Å². The fraction of sp³-hybridized carbons (Fsp3) is 0.500. The Morgan fingerprint density at radius 3 is 2.80 bits per heavy atom. The number of carbonyl (C=O) groups excluding carboxylic acids is 1. The molecule has 1 aromatic carbocycles. The Balaban J connectivity index is 1.96. The van der Waals surface area contributed by atoms with Crippen LogP contribution in [-0.4, -0.2) is 48.3 Å². The summed E-state index contributed by atoms with van der Waals surface area (Å²) in [6.07, 6.45) is 1.82. The van der Waals surface area contributed by atoms with Gasteiger partial charge in [0.1, 0.15) is 0 Å². The van der Waals surface area contributed by atoms with E-state index in [0.717, 1.165) is 26.4 Å². The Morgan fingerprint density at radius 2 is 2.15 bits per heavy atom. The molecule has 1 amide bonds. The lowest BCUT2D eigenvalue weighted by Crippen LogP contribution is -2.41. The van der Waals surface area contributed by atoms with Crippen LogP contribution in [0.5, 0.6) is 0 Å². The SMILES string of the molecule is O=C(c1cc(Br)ccc1I)N1CCC(OCCO)CC1. The number of amides is 1. The predicted octanol–water partition coefficient (Wildman–Crippen LogP) is 2.67. The van der Waals surface area contributed by atoms with Gasteiger partial charge in [-0.3, -0.25) is 4.79 Å². The monoisotopic (exact) mass is 453 g/mol. The number of ether oxygens (including phenoxy) is 1. The Labute approximate surface area is 140 Å². The summed E-state index contributed by atoms with van der Waals surface area (Å²) in [6, 6.07) is 5.75. The zero-order chi connectivity index (χ0) is 14.5. The van der Waals surface area contributed by atoms with Crippen molar-refractivity contribution in [3.05, 3.63) is 31.8 Å². The molecule has 0 unspecified atom stereocenters. The maximum Gasteiger partial charge on any atom is 0.254 e. The summed E-state index contributed by atoms with van der Waals surface area (Å²) in [4.78, 5) is 14.4. The van der Waals surface area contributed by atoms with E-state index in [2.05, 4.69) is 38.5 Å². The van der Waals surface area contributed by atoms with Crippen molar-refractivity contribution >= 4 is 44.4 Å². The fourth-order valence-corrected chi connectivity index (χ4v) is 3.20. The number of piperidine rings is 1. The molecule has 2 rings (SSSR count). The third kappa shape index (κ3) is 4.16. The third-order valence-corrected chi connectivity index (χ3v) is 4.77. The molecule has 0 aromatic heterocycles. The number of aliphatic hydroxyl groups excluding tert-OH is 1. The number of benzene rings is 1. The molecule has 1 heterocycles. The molecule has 0 radical (unpaired) electrons. The van der Waals surface area contributed by atoms with Crippen LogP contribution in [-0.2, 0) is 4.74 Å². The molecule has 1 aliphatic heterocycles. The highest BCUT2D eigenvalue weighted by Gasteiger charge is 2.25. The van der Waals surface area contributed by atoms with Crippen molar-refractivity contribution in [1.29, 1.82) is 0 Å². The summed E-state index contributed by atoms with van der Waals surface area (Å²) in [5.74, 6) is 0.0799. The standard InChI is InChI=1S/C14H17BrINO3/c15-10-1-2-13(16)12(9-10)14(19)17-5-3-11(4-6-17)20-8-7-18/h1-2,9,11,18H,3-8H2. The van der Waals surface area contributed by atoms with Gasteiger partial charge in [-0.05, 0) is 53.6 Å². The summed E-state index contributed by atoms with van der Waals surface area (Å²) in [6.45, 7) is 1.84. The van der Waals surface area contributed by atoms with Crippen LogP contribution >= 0.6 is 38.5 Å². The molecule has 1 saturated heterocycles. The highest BCUT2D eigenvalue weighted by atomic mass is 127. The molecular formula is C14H17BrINO3. The Bertz CT molecular complexity index is 475. The van der Waals surface area contributed by atoms with Crippen LogP contribution in [0.3, 0.4) is 0 Å². The lowest BCUT2D eigenvalue weighted by Gasteiger charge is -2.32. The molecule has 4 nitrogen and oxygen atoms in total. The smallest absolute Gasteiger partial charge is 0.254 e. The highest BCUT2D eigenvalue weighted by molar-refractivity contribution is 14.1. The molecule has 0 spiro atoms. The van der Waals surface area contributed by atoms with E-state index < -0.39 is 0 Å². The molecule has 0 atom stereocenters. The van der Waals surface area contributed by atoms with Crippen LogP contribution in [0.1, 0.15) is 23.2 Å². The quantitative estimate of drug-likeness (QED) is 0.713. The minimum atomic E-state index is 0.0510. The largest absolute Gasteiger partial charge is 0.394 e. The molecule has 6 heteroatoms. The van der Waals surface area contributed by atoms with Crippen LogP contribution in [0.2, 0.25) is 0 Å². The summed E-state index contributed by atoms with van der Waals surface area (Å²) < 4.78 is 7.40. The van der Waals surface area contributed by atoms with Gasteiger partial charge in [-0.25, -0.2) is 0 Å². The zero-order valence-corrected chi connectivity index (χ0v) is 14.8. The fourth-order valence-electron chi connectivity index (χ4n) is 2.28. The second-order valence-electron chi connectivity index (χ2n) is 4.71. The van der Waals surface area contributed by atoms with E-state index in [1.54, 1.807) is 0 Å². The normalized spacial score (nSPS) is 16.4. The molecule has 20 heavy (non-hydrogen) atoms. The summed E-state index contributed by atoms with van der Waals surface area (Å²) >= 11 is 5.60. The van der Waals surface area contributed by atoms with E-state index in [4.69, 9.17) is 9.84 Å². The van der Waals surface area contributed by atoms with Gasteiger partial charge in [0.15, 0.2) is 0 Å². The molecule has 1 aliphatic rings. The van der Waals surface area contributed by atoms with Gasteiger partial charge >= 0.3 is 0 Å².